The van der Waals surface area contributed by atoms with Crippen molar-refractivity contribution in [3.05, 3.63) is 102 Å². The first-order chi connectivity index (χ1) is 29.6. The molecule has 4 atom stereocenters. The van der Waals surface area contributed by atoms with E-state index in [1.807, 2.05) is 55.1 Å². The zero-order valence-corrected chi connectivity index (χ0v) is 34.5. The van der Waals surface area contributed by atoms with Crippen LogP contribution in [0.1, 0.15) is 80.4 Å². The third-order valence-corrected chi connectivity index (χ3v) is 12.2. The molecule has 61 heavy (non-hydrogen) atoms. The molecule has 15 heteroatoms. The van der Waals surface area contributed by atoms with Crippen LogP contribution < -0.4 is 15.4 Å². The average Bonchev–Trinajstić information content (AvgIpc) is 4.13. The fourth-order valence-corrected chi connectivity index (χ4v) is 9.12. The van der Waals surface area contributed by atoms with Crippen molar-refractivity contribution in [3.63, 3.8) is 0 Å². The third kappa shape index (κ3) is 7.27. The lowest BCUT2D eigenvalue weighted by molar-refractivity contribution is -0.135. The summed E-state index contributed by atoms with van der Waals surface area (Å²) in [6.07, 6.45) is 3.62. The number of imidazole rings is 2. The summed E-state index contributed by atoms with van der Waals surface area (Å²) in [7, 11) is 2.57. The number of aromatic amines is 2. The van der Waals surface area contributed by atoms with E-state index in [1.165, 1.54) is 14.2 Å². The number of nitrogens with one attached hydrogen (secondary N) is 4. The molecule has 3 aliphatic heterocycles. The number of benzene rings is 4. The summed E-state index contributed by atoms with van der Waals surface area (Å²) in [4.78, 5) is 72.5. The van der Waals surface area contributed by atoms with Crippen LogP contribution in [0.15, 0.2) is 79.0 Å². The van der Waals surface area contributed by atoms with E-state index in [1.54, 1.807) is 11.1 Å². The van der Waals surface area contributed by atoms with Gasteiger partial charge in [-0.15, -0.1) is 0 Å². The molecule has 4 aromatic carbocycles. The largest absolute Gasteiger partial charge is 0.488 e. The van der Waals surface area contributed by atoms with Crippen molar-refractivity contribution < 1.29 is 33.4 Å². The molecule has 3 aliphatic rings. The monoisotopic (exact) mass is 824 g/mol. The van der Waals surface area contributed by atoms with E-state index in [0.29, 0.717) is 36.9 Å². The van der Waals surface area contributed by atoms with Crippen LogP contribution in [0.2, 0.25) is 0 Å². The number of amides is 4. The number of alkyl carbamates (subject to hydrolysis) is 2. The Morgan fingerprint density at radius 1 is 0.787 bits per heavy atom. The minimum atomic E-state index is -0.894. The summed E-state index contributed by atoms with van der Waals surface area (Å²) in [6.45, 7) is 5.29. The van der Waals surface area contributed by atoms with E-state index in [4.69, 9.17) is 24.2 Å². The van der Waals surface area contributed by atoms with Crippen LogP contribution in [-0.2, 0) is 25.7 Å². The van der Waals surface area contributed by atoms with Gasteiger partial charge in [-0.25, -0.2) is 19.6 Å². The zero-order valence-electron chi connectivity index (χ0n) is 34.5. The lowest BCUT2D eigenvalue weighted by Crippen LogP contribution is -2.51. The van der Waals surface area contributed by atoms with Crippen molar-refractivity contribution in [1.82, 2.24) is 40.4 Å². The zero-order chi connectivity index (χ0) is 42.4. The quantitative estimate of drug-likeness (QED) is 0.115. The normalized spacial score (nSPS) is 18.0. The second-order valence-corrected chi connectivity index (χ2v) is 16.2. The predicted octanol–water partition coefficient (Wildman–Crippen LogP) is 7.47. The van der Waals surface area contributed by atoms with Gasteiger partial charge in [-0.3, -0.25) is 9.59 Å². The maximum absolute atomic E-state index is 14.0. The first kappa shape index (κ1) is 39.6. The second-order valence-electron chi connectivity index (χ2n) is 16.2. The molecule has 2 fully saturated rings. The van der Waals surface area contributed by atoms with Crippen LogP contribution in [0.25, 0.3) is 44.2 Å². The maximum atomic E-state index is 14.0. The molecule has 4 N–H and O–H groups in total. The fourth-order valence-electron chi connectivity index (χ4n) is 9.12. The summed E-state index contributed by atoms with van der Waals surface area (Å²) in [5, 5.41) is 7.33. The second kappa shape index (κ2) is 16.3. The van der Waals surface area contributed by atoms with E-state index in [2.05, 4.69) is 57.0 Å². The van der Waals surface area contributed by atoms with Crippen LogP contribution >= 0.6 is 0 Å². The molecule has 4 amide bonds. The lowest BCUT2D eigenvalue weighted by atomic mass is 9.92. The highest BCUT2D eigenvalue weighted by atomic mass is 16.5. The molecule has 0 spiro atoms. The van der Waals surface area contributed by atoms with Crippen molar-refractivity contribution in [2.24, 2.45) is 5.92 Å². The molecule has 0 saturated carbocycles. The van der Waals surface area contributed by atoms with Gasteiger partial charge < -0.3 is 44.6 Å². The standard InChI is InChI=1S/C46H48N8O7/c1-25(2)37(51-45(57)59-3)43(55)54-21-9-13-36(54)42-48-33-19-18-32-30(39(33)50-42)16-17-31-29-15-14-27(22-28(29)24-61-40(31)32)34-23-47-41(49-34)35-12-8-20-53(35)44(56)38(52-46(58)60-4)26-10-6-5-7-11-26/h5-7,10-11,14-19,22-23,25,35-38H,8-9,12-13,20-21,24H2,1-4H3,(H,47,49)(H,48,50)(H,51,57)(H,52,58)/t35-,36+,37?,38?/m1/s1. The molecule has 5 heterocycles. The van der Waals surface area contributed by atoms with Gasteiger partial charge in [-0.1, -0.05) is 62.4 Å². The Labute approximate surface area is 352 Å². The van der Waals surface area contributed by atoms with Gasteiger partial charge >= 0.3 is 12.2 Å². The van der Waals surface area contributed by atoms with Crippen molar-refractivity contribution in [2.75, 3.05) is 27.3 Å². The Kier molecular flexibility index (Phi) is 10.6. The fraction of sp³-hybridized carbons (Fsp3) is 0.348. The van der Waals surface area contributed by atoms with Crippen LogP contribution in [0.5, 0.6) is 5.75 Å². The van der Waals surface area contributed by atoms with E-state index < -0.39 is 24.3 Å². The molecular weight excluding hydrogens is 777 g/mol. The first-order valence-corrected chi connectivity index (χ1v) is 20.7. The number of nitrogens with zero attached hydrogens (tertiary/aromatic N) is 4. The SMILES string of the molecule is COC(=O)NC(C(=O)N1CCC[C@@H]1c1ncc(-c2ccc3c(c2)COc2c-3ccc3c2ccc2[nH]c([C@@H]4CCCN4C(=O)C(NC(=O)OC)C(C)C)nc23)[nH]1)c1ccccc1. The molecule has 0 aliphatic carbocycles. The molecule has 2 unspecified atom stereocenters. The summed E-state index contributed by atoms with van der Waals surface area (Å²) >= 11 is 0. The number of fused-ring (bicyclic) bond motifs is 7. The van der Waals surface area contributed by atoms with Gasteiger partial charge in [0.25, 0.3) is 5.91 Å². The number of methoxy groups -OCH3 is 2. The Hall–Kier alpha value is -6.90. The summed E-state index contributed by atoms with van der Waals surface area (Å²) in [5.74, 6) is 1.70. The molecule has 6 aromatic rings. The number of H-pyrrole nitrogens is 2. The van der Waals surface area contributed by atoms with Gasteiger partial charge in [0, 0.05) is 29.4 Å². The smallest absolute Gasteiger partial charge is 0.407 e. The van der Waals surface area contributed by atoms with Gasteiger partial charge in [0.1, 0.15) is 36.1 Å². The lowest BCUT2D eigenvalue weighted by Gasteiger charge is -2.29. The number of rotatable bonds is 9. The highest BCUT2D eigenvalue weighted by molar-refractivity contribution is 6.09. The van der Waals surface area contributed by atoms with E-state index >= 15 is 0 Å². The van der Waals surface area contributed by atoms with Crippen LogP contribution in [-0.4, -0.2) is 87.1 Å². The molecule has 2 aromatic heterocycles. The highest BCUT2D eigenvalue weighted by Gasteiger charge is 2.39. The molecule has 9 rings (SSSR count). The predicted molar refractivity (Wildman–Crippen MR) is 227 cm³/mol. The maximum Gasteiger partial charge on any atom is 0.407 e. The third-order valence-electron chi connectivity index (χ3n) is 12.2. The van der Waals surface area contributed by atoms with Gasteiger partial charge in [-0.2, -0.15) is 0 Å². The minimum Gasteiger partial charge on any atom is -0.488 e. The van der Waals surface area contributed by atoms with Gasteiger partial charge in [0.2, 0.25) is 5.91 Å². The van der Waals surface area contributed by atoms with Crippen molar-refractivity contribution in [3.8, 4) is 28.1 Å². The van der Waals surface area contributed by atoms with Crippen molar-refractivity contribution in [2.45, 2.75) is 70.3 Å². The summed E-state index contributed by atoms with van der Waals surface area (Å²) < 4.78 is 16.2. The van der Waals surface area contributed by atoms with Gasteiger partial charge in [0.05, 0.1) is 49.2 Å². The van der Waals surface area contributed by atoms with Crippen molar-refractivity contribution in [1.29, 1.82) is 0 Å². The topological polar surface area (TPSA) is 184 Å². The van der Waals surface area contributed by atoms with Crippen LogP contribution in [0.4, 0.5) is 9.59 Å². The summed E-state index contributed by atoms with van der Waals surface area (Å²) in [5.41, 5.74) is 7.22. The Morgan fingerprint density at radius 3 is 2.21 bits per heavy atom. The van der Waals surface area contributed by atoms with Gasteiger partial charge in [-0.05, 0) is 78.1 Å². The number of carbonyl (C=O) groups excluding carboxylic acids is 4. The van der Waals surface area contributed by atoms with Gasteiger partial charge in [0.15, 0.2) is 0 Å². The molecular formula is C46H48N8O7. The number of hydrogen-bond donors (Lipinski definition) is 4. The minimum absolute atomic E-state index is 0.126. The Balaban J connectivity index is 0.954. The van der Waals surface area contributed by atoms with E-state index in [9.17, 15) is 19.2 Å². The number of hydrogen-bond acceptors (Lipinski definition) is 9. The number of ether oxygens (including phenoxy) is 3. The van der Waals surface area contributed by atoms with Crippen molar-refractivity contribution >= 4 is 45.8 Å². The molecule has 0 radical (unpaired) electrons. The van der Waals surface area contributed by atoms with Crippen LogP contribution in [0, 0.1) is 5.92 Å². The molecule has 2 saturated heterocycles. The average molecular weight is 825 g/mol. The number of aromatic nitrogens is 4. The molecule has 314 valence electrons. The summed E-state index contributed by atoms with van der Waals surface area (Å²) in [6, 6.07) is 21.6. The number of carbonyl (C=O) groups is 4. The molecule has 0 bridgehead atoms. The van der Waals surface area contributed by atoms with E-state index in [0.717, 1.165) is 81.2 Å². The van der Waals surface area contributed by atoms with Crippen LogP contribution in [0.3, 0.4) is 0 Å². The number of likely N-dealkylation sites (tertiary alicyclic amines) is 2. The Morgan fingerprint density at radius 2 is 1.48 bits per heavy atom. The molecule has 15 nitrogen and oxygen atoms in total. The highest BCUT2D eigenvalue weighted by Crippen LogP contribution is 2.45. The Bertz CT molecular complexity index is 2660. The first-order valence-electron chi connectivity index (χ1n) is 20.7. The van der Waals surface area contributed by atoms with E-state index in [-0.39, 0.29) is 29.8 Å².